The van der Waals surface area contributed by atoms with Crippen molar-refractivity contribution in [3.63, 3.8) is 0 Å². The van der Waals surface area contributed by atoms with E-state index in [1.54, 1.807) is 30.3 Å². The van der Waals surface area contributed by atoms with Gasteiger partial charge in [0.2, 0.25) is 0 Å². The largest absolute Gasteiger partial charge is 0.416 e. The van der Waals surface area contributed by atoms with E-state index in [4.69, 9.17) is 5.41 Å². The lowest BCUT2D eigenvalue weighted by molar-refractivity contribution is -0.143. The molecule has 0 saturated carbocycles. The molecule has 3 rings (SSSR count). The molecule has 2 nitrogen and oxygen atoms in total. The van der Waals surface area contributed by atoms with E-state index in [1.807, 2.05) is 0 Å². The third kappa shape index (κ3) is 3.52. The molecule has 3 aromatic rings. The highest BCUT2D eigenvalue weighted by molar-refractivity contribution is 7.07. The SMILES string of the molecule is N=c1scc(-c2ccccc2)n1-c1cc(C(F)(F)F)cc(C(F)(F)F)c1. The molecule has 136 valence electrons. The van der Waals surface area contributed by atoms with Crippen LogP contribution in [0, 0.1) is 5.41 Å². The number of alkyl halides is 6. The van der Waals surface area contributed by atoms with Gasteiger partial charge in [-0.05, 0) is 23.8 Å². The van der Waals surface area contributed by atoms with Crippen molar-refractivity contribution in [2.24, 2.45) is 0 Å². The van der Waals surface area contributed by atoms with Gasteiger partial charge in [0, 0.05) is 11.1 Å². The van der Waals surface area contributed by atoms with Crippen molar-refractivity contribution in [2.45, 2.75) is 12.4 Å². The predicted octanol–water partition coefficient (Wildman–Crippen LogP) is 5.72. The van der Waals surface area contributed by atoms with Crippen LogP contribution < -0.4 is 4.80 Å². The summed E-state index contributed by atoms with van der Waals surface area (Å²) in [6, 6.07) is 9.74. The number of halogens is 6. The number of nitrogens with zero attached hydrogens (tertiary/aromatic N) is 1. The second-order valence-electron chi connectivity index (χ2n) is 5.39. The average molecular weight is 388 g/mol. The molecule has 0 aliphatic carbocycles. The minimum Gasteiger partial charge on any atom is -0.286 e. The maximum Gasteiger partial charge on any atom is 0.416 e. The molecule has 0 aliphatic rings. The van der Waals surface area contributed by atoms with Crippen molar-refractivity contribution in [3.05, 3.63) is 69.8 Å². The average Bonchev–Trinajstić information content (AvgIpc) is 2.95. The lowest BCUT2D eigenvalue weighted by Gasteiger charge is -2.16. The van der Waals surface area contributed by atoms with E-state index in [9.17, 15) is 26.3 Å². The van der Waals surface area contributed by atoms with Gasteiger partial charge in [-0.15, -0.1) is 11.3 Å². The lowest BCUT2D eigenvalue weighted by atomic mass is 10.1. The van der Waals surface area contributed by atoms with Crippen molar-refractivity contribution in [1.29, 1.82) is 5.41 Å². The van der Waals surface area contributed by atoms with Gasteiger partial charge in [0.25, 0.3) is 0 Å². The molecule has 0 aliphatic heterocycles. The third-order valence-corrected chi connectivity index (χ3v) is 4.37. The van der Waals surface area contributed by atoms with E-state index in [-0.39, 0.29) is 16.6 Å². The highest BCUT2D eigenvalue weighted by Gasteiger charge is 2.37. The van der Waals surface area contributed by atoms with Gasteiger partial charge in [0.1, 0.15) is 0 Å². The summed E-state index contributed by atoms with van der Waals surface area (Å²) < 4.78 is 79.6. The smallest absolute Gasteiger partial charge is 0.286 e. The molecule has 0 saturated heterocycles. The molecule has 0 bridgehead atoms. The number of benzene rings is 2. The van der Waals surface area contributed by atoms with Crippen LogP contribution >= 0.6 is 11.3 Å². The number of hydrogen-bond acceptors (Lipinski definition) is 2. The quantitative estimate of drug-likeness (QED) is 0.544. The number of rotatable bonds is 2. The van der Waals surface area contributed by atoms with Crippen LogP contribution in [0.15, 0.2) is 53.9 Å². The van der Waals surface area contributed by atoms with Gasteiger partial charge in [-0.3, -0.25) is 9.98 Å². The number of thiazole rings is 1. The summed E-state index contributed by atoms with van der Waals surface area (Å²) >= 11 is 0.915. The number of hydrogen-bond donors (Lipinski definition) is 1. The fraction of sp³-hybridized carbons (Fsp3) is 0.118. The van der Waals surface area contributed by atoms with Gasteiger partial charge in [-0.1, -0.05) is 30.3 Å². The Labute approximate surface area is 147 Å². The summed E-state index contributed by atoms with van der Waals surface area (Å²) in [4.78, 5) is -0.184. The normalized spacial score (nSPS) is 12.4. The van der Waals surface area contributed by atoms with Gasteiger partial charge in [0.05, 0.1) is 16.8 Å². The van der Waals surface area contributed by atoms with Gasteiger partial charge < -0.3 is 0 Å². The van der Waals surface area contributed by atoms with Crippen molar-refractivity contribution in [3.8, 4) is 16.9 Å². The molecule has 1 N–H and O–H groups in total. The molecular weight excluding hydrogens is 378 g/mol. The zero-order chi connectivity index (χ0) is 19.1. The predicted molar refractivity (Wildman–Crippen MR) is 84.9 cm³/mol. The first-order valence-electron chi connectivity index (χ1n) is 7.18. The van der Waals surface area contributed by atoms with Crippen LogP contribution in [0.2, 0.25) is 0 Å². The van der Waals surface area contributed by atoms with Gasteiger partial charge in [-0.2, -0.15) is 26.3 Å². The van der Waals surface area contributed by atoms with Gasteiger partial charge >= 0.3 is 12.4 Å². The standard InChI is InChI=1S/C17H10F6N2S/c18-16(19,20)11-6-12(17(21,22)23)8-13(7-11)25-14(9-26-15(25)24)10-4-2-1-3-5-10/h1-9,24H. The summed E-state index contributed by atoms with van der Waals surface area (Å²) in [5, 5.41) is 9.47. The van der Waals surface area contributed by atoms with Crippen LogP contribution in [0.4, 0.5) is 26.3 Å². The lowest BCUT2D eigenvalue weighted by Crippen LogP contribution is -2.17. The number of aromatic nitrogens is 1. The molecule has 1 aromatic heterocycles. The minimum absolute atomic E-state index is 0.0717. The first kappa shape index (κ1) is 18.2. The second kappa shape index (κ2) is 6.31. The molecule has 0 fully saturated rings. The molecule has 26 heavy (non-hydrogen) atoms. The molecular formula is C17H10F6N2S. The van der Waals surface area contributed by atoms with Crippen molar-refractivity contribution >= 4 is 11.3 Å². The molecule has 0 radical (unpaired) electrons. The maximum atomic E-state index is 13.1. The minimum atomic E-state index is -4.94. The zero-order valence-corrected chi connectivity index (χ0v) is 13.6. The van der Waals surface area contributed by atoms with Crippen LogP contribution in [0.5, 0.6) is 0 Å². The van der Waals surface area contributed by atoms with Crippen LogP contribution in [0.25, 0.3) is 16.9 Å². The van der Waals surface area contributed by atoms with Crippen LogP contribution in [0.3, 0.4) is 0 Å². The first-order valence-corrected chi connectivity index (χ1v) is 8.06. The summed E-state index contributed by atoms with van der Waals surface area (Å²) in [5.74, 6) is 0. The molecule has 9 heteroatoms. The Morgan fingerprint density at radius 1 is 0.808 bits per heavy atom. The first-order chi connectivity index (χ1) is 12.1. The Balaban J connectivity index is 2.29. The fourth-order valence-electron chi connectivity index (χ4n) is 2.46. The van der Waals surface area contributed by atoms with Crippen molar-refractivity contribution in [1.82, 2.24) is 4.57 Å². The van der Waals surface area contributed by atoms with Crippen LogP contribution in [0.1, 0.15) is 11.1 Å². The van der Waals surface area contributed by atoms with Crippen LogP contribution in [-0.4, -0.2) is 4.57 Å². The van der Waals surface area contributed by atoms with E-state index in [2.05, 4.69) is 0 Å². The highest BCUT2D eigenvalue weighted by Crippen LogP contribution is 2.37. The highest BCUT2D eigenvalue weighted by atomic mass is 32.1. The molecule has 0 atom stereocenters. The summed E-state index contributed by atoms with van der Waals surface area (Å²) in [6.45, 7) is 0. The fourth-order valence-corrected chi connectivity index (χ4v) is 3.23. The Kier molecular flexibility index (Phi) is 4.43. The topological polar surface area (TPSA) is 28.8 Å². The van der Waals surface area contributed by atoms with Gasteiger partial charge in [0.15, 0.2) is 4.80 Å². The zero-order valence-electron chi connectivity index (χ0n) is 12.8. The van der Waals surface area contributed by atoms with Crippen molar-refractivity contribution in [2.75, 3.05) is 0 Å². The Bertz CT molecular complexity index is 951. The Hall–Kier alpha value is -2.55. The molecule has 0 spiro atoms. The van der Waals surface area contributed by atoms with E-state index in [1.165, 1.54) is 5.38 Å². The molecule has 0 amide bonds. The summed E-state index contributed by atoms with van der Waals surface area (Å²) in [5.41, 5.74) is -2.28. The Morgan fingerprint density at radius 2 is 1.35 bits per heavy atom. The number of nitrogens with one attached hydrogen (secondary N) is 1. The van der Waals surface area contributed by atoms with E-state index in [0.717, 1.165) is 15.9 Å². The maximum absolute atomic E-state index is 13.1. The van der Waals surface area contributed by atoms with E-state index in [0.29, 0.717) is 23.4 Å². The second-order valence-corrected chi connectivity index (χ2v) is 6.25. The molecule has 1 heterocycles. The Morgan fingerprint density at radius 3 is 1.85 bits per heavy atom. The van der Waals surface area contributed by atoms with Gasteiger partial charge in [-0.25, -0.2) is 0 Å². The molecule has 2 aromatic carbocycles. The van der Waals surface area contributed by atoms with E-state index >= 15 is 0 Å². The van der Waals surface area contributed by atoms with Crippen LogP contribution in [-0.2, 0) is 12.4 Å². The monoisotopic (exact) mass is 388 g/mol. The molecule has 0 unspecified atom stereocenters. The van der Waals surface area contributed by atoms with E-state index < -0.39 is 23.5 Å². The summed E-state index contributed by atoms with van der Waals surface area (Å²) in [6.07, 6.45) is -9.89. The third-order valence-electron chi connectivity index (χ3n) is 3.63. The summed E-state index contributed by atoms with van der Waals surface area (Å²) in [7, 11) is 0. The van der Waals surface area contributed by atoms with Crippen molar-refractivity contribution < 1.29 is 26.3 Å².